The van der Waals surface area contributed by atoms with Crippen molar-refractivity contribution in [3.63, 3.8) is 0 Å². The van der Waals surface area contributed by atoms with Crippen molar-refractivity contribution in [3.8, 4) is 28.7 Å². The second-order valence-electron chi connectivity index (χ2n) is 8.45. The molecule has 0 aliphatic carbocycles. The van der Waals surface area contributed by atoms with E-state index in [1.54, 1.807) is 6.07 Å². The summed E-state index contributed by atoms with van der Waals surface area (Å²) >= 11 is 0. The monoisotopic (exact) mass is 454 g/mol. The SMILES string of the molecule is COc1ccc([C@H]2Oc3cc(O)c(CC=C(C)CCC=C(C)C)c(O)c3C(=O)[C@@H]2O)cc1O. The number of hydrogen-bond acceptors (Lipinski definition) is 7. The second kappa shape index (κ2) is 10.0. The number of ketones is 1. The zero-order valence-corrected chi connectivity index (χ0v) is 19.3. The fourth-order valence-corrected chi connectivity index (χ4v) is 3.79. The Morgan fingerprint density at radius 3 is 2.45 bits per heavy atom. The number of hydrogen-bond donors (Lipinski definition) is 4. The molecule has 1 aliphatic heterocycles. The molecule has 7 heteroatoms. The highest BCUT2D eigenvalue weighted by Crippen LogP contribution is 2.45. The number of aromatic hydroxyl groups is 3. The second-order valence-corrected chi connectivity index (χ2v) is 8.45. The number of phenols is 3. The van der Waals surface area contributed by atoms with Gasteiger partial charge in [-0.05, 0) is 57.7 Å². The minimum absolute atomic E-state index is 0.0337. The Bertz CT molecular complexity index is 1110. The first-order valence-electron chi connectivity index (χ1n) is 10.8. The molecule has 33 heavy (non-hydrogen) atoms. The summed E-state index contributed by atoms with van der Waals surface area (Å²) in [5.41, 5.74) is 2.71. The highest BCUT2D eigenvalue weighted by Gasteiger charge is 2.40. The van der Waals surface area contributed by atoms with Crippen molar-refractivity contribution in [2.45, 2.75) is 52.2 Å². The van der Waals surface area contributed by atoms with E-state index in [2.05, 4.69) is 6.08 Å². The third-order valence-electron chi connectivity index (χ3n) is 5.68. The molecular weight excluding hydrogens is 424 g/mol. The minimum atomic E-state index is -1.60. The molecule has 176 valence electrons. The third kappa shape index (κ3) is 5.14. The van der Waals surface area contributed by atoms with Crippen molar-refractivity contribution in [1.29, 1.82) is 0 Å². The Morgan fingerprint density at radius 1 is 1.09 bits per heavy atom. The van der Waals surface area contributed by atoms with E-state index in [0.29, 0.717) is 5.56 Å². The van der Waals surface area contributed by atoms with Crippen molar-refractivity contribution in [1.82, 2.24) is 0 Å². The number of aliphatic hydroxyl groups is 1. The number of ether oxygens (including phenoxy) is 2. The maximum Gasteiger partial charge on any atom is 0.202 e. The Kier molecular flexibility index (Phi) is 7.33. The van der Waals surface area contributed by atoms with E-state index >= 15 is 0 Å². The molecule has 3 rings (SSSR count). The number of carbonyl (C=O) groups is 1. The Morgan fingerprint density at radius 2 is 1.82 bits per heavy atom. The van der Waals surface area contributed by atoms with Crippen molar-refractivity contribution in [3.05, 3.63) is 64.3 Å². The summed E-state index contributed by atoms with van der Waals surface area (Å²) in [5, 5.41) is 42.0. The molecular formula is C26H30O7. The molecule has 1 heterocycles. The van der Waals surface area contributed by atoms with Crippen LogP contribution in [0.5, 0.6) is 28.7 Å². The molecule has 4 N–H and O–H groups in total. The fraction of sp³-hybridized carbons (Fsp3) is 0.346. The van der Waals surface area contributed by atoms with Crippen LogP contribution >= 0.6 is 0 Å². The van der Waals surface area contributed by atoms with Gasteiger partial charge in [0.05, 0.1) is 7.11 Å². The predicted octanol–water partition coefficient (Wildman–Crippen LogP) is 4.72. The molecule has 0 amide bonds. The fourth-order valence-electron chi connectivity index (χ4n) is 3.79. The van der Waals surface area contributed by atoms with E-state index in [4.69, 9.17) is 9.47 Å². The molecule has 0 saturated carbocycles. The van der Waals surface area contributed by atoms with Crippen LogP contribution in [-0.2, 0) is 6.42 Å². The van der Waals surface area contributed by atoms with Crippen LogP contribution in [0.2, 0.25) is 0 Å². The lowest BCUT2D eigenvalue weighted by Crippen LogP contribution is -2.36. The van der Waals surface area contributed by atoms with E-state index in [-0.39, 0.29) is 40.5 Å². The summed E-state index contributed by atoms with van der Waals surface area (Å²) in [6, 6.07) is 5.66. The van der Waals surface area contributed by atoms with Gasteiger partial charge in [-0.3, -0.25) is 4.79 Å². The molecule has 2 aromatic carbocycles. The van der Waals surface area contributed by atoms with Gasteiger partial charge in [-0.25, -0.2) is 0 Å². The van der Waals surface area contributed by atoms with E-state index in [9.17, 15) is 25.2 Å². The number of carbonyl (C=O) groups excluding carboxylic acids is 1. The van der Waals surface area contributed by atoms with Crippen LogP contribution in [0.1, 0.15) is 61.2 Å². The number of methoxy groups -OCH3 is 1. The summed E-state index contributed by atoms with van der Waals surface area (Å²) in [6.07, 6.45) is 3.28. The first kappa shape index (κ1) is 24.2. The summed E-state index contributed by atoms with van der Waals surface area (Å²) in [5.74, 6) is -1.30. The van der Waals surface area contributed by atoms with Crippen molar-refractivity contribution in [2.75, 3.05) is 7.11 Å². The van der Waals surface area contributed by atoms with Crippen molar-refractivity contribution >= 4 is 5.78 Å². The molecule has 0 unspecified atom stereocenters. The smallest absolute Gasteiger partial charge is 0.202 e. The number of aliphatic hydroxyl groups excluding tert-OH is 1. The molecule has 0 aromatic heterocycles. The standard InChI is InChI=1S/C26H30O7/c1-14(2)6-5-7-15(3)8-10-17-18(27)13-21-22(23(17)29)24(30)25(31)26(33-21)16-9-11-20(32-4)19(28)12-16/h6,8-9,11-13,25-29,31H,5,7,10H2,1-4H3/t25-,26+/m0/s1. The van der Waals surface area contributed by atoms with E-state index in [1.165, 1.54) is 30.9 Å². The highest BCUT2D eigenvalue weighted by molar-refractivity contribution is 6.06. The zero-order valence-electron chi connectivity index (χ0n) is 19.3. The van der Waals surface area contributed by atoms with Gasteiger partial charge < -0.3 is 29.9 Å². The molecule has 1 aliphatic rings. The van der Waals surface area contributed by atoms with Gasteiger partial charge in [0.2, 0.25) is 5.78 Å². The van der Waals surface area contributed by atoms with Crippen molar-refractivity contribution < 1.29 is 34.7 Å². The summed E-state index contributed by atoms with van der Waals surface area (Å²) < 4.78 is 10.8. The van der Waals surface area contributed by atoms with Gasteiger partial charge in [-0.2, -0.15) is 0 Å². The molecule has 0 fully saturated rings. The lowest BCUT2D eigenvalue weighted by atomic mass is 9.90. The van der Waals surface area contributed by atoms with Crippen LogP contribution in [0.25, 0.3) is 0 Å². The number of rotatable bonds is 7. The van der Waals surface area contributed by atoms with Crippen LogP contribution in [0.4, 0.5) is 0 Å². The maximum absolute atomic E-state index is 13.0. The van der Waals surface area contributed by atoms with Crippen LogP contribution in [-0.4, -0.2) is 39.4 Å². The van der Waals surface area contributed by atoms with E-state index in [1.807, 2.05) is 26.8 Å². The molecule has 7 nitrogen and oxygen atoms in total. The highest BCUT2D eigenvalue weighted by atomic mass is 16.5. The summed E-state index contributed by atoms with van der Waals surface area (Å²) in [7, 11) is 1.41. The zero-order chi connectivity index (χ0) is 24.3. The average Bonchev–Trinajstić information content (AvgIpc) is 2.75. The summed E-state index contributed by atoms with van der Waals surface area (Å²) in [4.78, 5) is 13.0. The Labute approximate surface area is 193 Å². The van der Waals surface area contributed by atoms with Gasteiger partial charge >= 0.3 is 0 Å². The maximum atomic E-state index is 13.0. The third-order valence-corrected chi connectivity index (χ3v) is 5.68. The Hall–Kier alpha value is -3.45. The molecule has 0 spiro atoms. The van der Waals surface area contributed by atoms with Crippen LogP contribution in [0.15, 0.2) is 47.6 Å². The van der Waals surface area contributed by atoms with Gasteiger partial charge in [0, 0.05) is 11.6 Å². The van der Waals surface area contributed by atoms with Gasteiger partial charge in [0.15, 0.2) is 23.7 Å². The van der Waals surface area contributed by atoms with Gasteiger partial charge in [0.1, 0.15) is 22.8 Å². The molecule has 2 atom stereocenters. The normalized spacial score (nSPS) is 17.8. The minimum Gasteiger partial charge on any atom is -0.507 e. The molecule has 2 aromatic rings. The lowest BCUT2D eigenvalue weighted by molar-refractivity contribution is 0.0209. The van der Waals surface area contributed by atoms with Gasteiger partial charge in [-0.15, -0.1) is 0 Å². The average molecular weight is 455 g/mol. The van der Waals surface area contributed by atoms with E-state index < -0.39 is 23.7 Å². The number of benzene rings is 2. The topological polar surface area (TPSA) is 116 Å². The van der Waals surface area contributed by atoms with Gasteiger partial charge in [-0.1, -0.05) is 29.4 Å². The quantitative estimate of drug-likeness (QED) is 0.447. The number of phenolic OH excluding ortho intramolecular Hbond substituents is 3. The van der Waals surface area contributed by atoms with Crippen LogP contribution < -0.4 is 9.47 Å². The number of Topliss-reactive ketones (excluding diaryl/α,β-unsaturated/α-hetero) is 1. The van der Waals surface area contributed by atoms with Crippen LogP contribution in [0.3, 0.4) is 0 Å². The number of fused-ring (bicyclic) bond motifs is 1. The lowest BCUT2D eigenvalue weighted by Gasteiger charge is -2.31. The number of allylic oxidation sites excluding steroid dienone is 4. The molecule has 0 saturated heterocycles. The van der Waals surface area contributed by atoms with Crippen LogP contribution in [0, 0.1) is 0 Å². The predicted molar refractivity (Wildman–Crippen MR) is 124 cm³/mol. The first-order valence-corrected chi connectivity index (χ1v) is 10.8. The summed E-state index contributed by atoms with van der Waals surface area (Å²) in [6.45, 7) is 6.05. The molecule has 0 radical (unpaired) electrons. The largest absolute Gasteiger partial charge is 0.507 e. The Balaban J connectivity index is 1.89. The molecule has 0 bridgehead atoms. The van der Waals surface area contributed by atoms with Gasteiger partial charge in [0.25, 0.3) is 0 Å². The first-order chi connectivity index (χ1) is 15.6. The van der Waals surface area contributed by atoms with Crippen molar-refractivity contribution in [2.24, 2.45) is 0 Å². The van der Waals surface area contributed by atoms with E-state index in [0.717, 1.165) is 18.4 Å².